The van der Waals surface area contributed by atoms with Crippen LogP contribution >= 0.6 is 0 Å². The van der Waals surface area contributed by atoms with Crippen molar-refractivity contribution in [1.82, 2.24) is 26.2 Å². The molecule has 0 spiro atoms. The summed E-state index contributed by atoms with van der Waals surface area (Å²) in [5.41, 5.74) is 9.54. The highest BCUT2D eigenvalue weighted by molar-refractivity contribution is 5.89. The Morgan fingerprint density at radius 2 is 1.70 bits per heavy atom. The van der Waals surface area contributed by atoms with Gasteiger partial charge in [0.2, 0.25) is 11.8 Å². The van der Waals surface area contributed by atoms with Crippen molar-refractivity contribution in [3.8, 4) is 0 Å². The van der Waals surface area contributed by atoms with Crippen molar-refractivity contribution >= 4 is 18.2 Å². The molecule has 9 heteroatoms. The smallest absolute Gasteiger partial charge is 0.245 e. The van der Waals surface area contributed by atoms with Crippen LogP contribution in [0.3, 0.4) is 0 Å². The first-order valence-electron chi connectivity index (χ1n) is 18.9. The zero-order valence-electron chi connectivity index (χ0n) is 32.6. The van der Waals surface area contributed by atoms with Gasteiger partial charge in [0.1, 0.15) is 6.04 Å². The molecule has 2 heterocycles. The molecule has 0 radical (unpaired) electrons. The molecular weight excluding hydrogens is 659 g/mol. The first kappa shape index (κ1) is 44.3. The van der Waals surface area contributed by atoms with Crippen LogP contribution in [0.1, 0.15) is 69.9 Å². The number of fused-ring (bicyclic) bond motifs is 1. The lowest BCUT2D eigenvalue weighted by molar-refractivity contribution is -0.141. The molecule has 0 aliphatic carbocycles. The number of carbonyl (C=O) groups excluding carboxylic acids is 2. The van der Waals surface area contributed by atoms with Crippen LogP contribution in [-0.4, -0.2) is 66.9 Å². The third kappa shape index (κ3) is 14.9. The van der Waals surface area contributed by atoms with Gasteiger partial charge in [-0.2, -0.15) is 0 Å². The van der Waals surface area contributed by atoms with E-state index in [0.717, 1.165) is 73.9 Å². The van der Waals surface area contributed by atoms with Gasteiger partial charge in [-0.25, -0.2) is 0 Å². The summed E-state index contributed by atoms with van der Waals surface area (Å²) >= 11 is 0. The first-order chi connectivity index (χ1) is 25.5. The molecule has 9 nitrogen and oxygen atoms in total. The Morgan fingerprint density at radius 1 is 1.06 bits per heavy atom. The van der Waals surface area contributed by atoms with E-state index in [1.165, 1.54) is 5.56 Å². The zero-order chi connectivity index (χ0) is 39.2. The van der Waals surface area contributed by atoms with E-state index in [4.69, 9.17) is 5.41 Å². The molecule has 2 fully saturated rings. The van der Waals surface area contributed by atoms with Crippen LogP contribution in [0, 0.1) is 18.3 Å². The number of aryl methyl sites for hydroxylation is 1. The van der Waals surface area contributed by atoms with Crippen molar-refractivity contribution in [3.05, 3.63) is 133 Å². The second-order valence-corrected chi connectivity index (χ2v) is 13.9. The molecule has 2 saturated heterocycles. The third-order valence-electron chi connectivity index (χ3n) is 9.79. The number of piperidine rings is 1. The Balaban J connectivity index is 0.000000845. The summed E-state index contributed by atoms with van der Waals surface area (Å²) < 4.78 is 0. The Labute approximate surface area is 319 Å². The second kappa shape index (κ2) is 24.4. The van der Waals surface area contributed by atoms with E-state index in [0.29, 0.717) is 12.3 Å². The fraction of sp³-hybridized carbons (Fsp3) is 0.432. The van der Waals surface area contributed by atoms with E-state index < -0.39 is 6.04 Å². The molecule has 2 aromatic carbocycles. The topological polar surface area (TPSA) is 135 Å². The van der Waals surface area contributed by atoms with Crippen LogP contribution in [-0.2, 0) is 16.0 Å². The van der Waals surface area contributed by atoms with Crippen LogP contribution in [0.4, 0.5) is 0 Å². The molecule has 4 unspecified atom stereocenters. The quantitative estimate of drug-likeness (QED) is 0.0439. The predicted molar refractivity (Wildman–Crippen MR) is 222 cm³/mol. The molecule has 2 aliphatic rings. The lowest BCUT2D eigenvalue weighted by Gasteiger charge is -2.40. The van der Waals surface area contributed by atoms with Crippen molar-refractivity contribution < 1.29 is 9.59 Å². The fourth-order valence-electron chi connectivity index (χ4n) is 6.97. The molecule has 2 aromatic rings. The van der Waals surface area contributed by atoms with Gasteiger partial charge in [-0.15, -0.1) is 0 Å². The summed E-state index contributed by atoms with van der Waals surface area (Å²) in [5.74, 6) is 0.232. The number of allylic oxidation sites excluding steroid dienone is 3. The van der Waals surface area contributed by atoms with Gasteiger partial charge in [-0.05, 0) is 82.5 Å². The molecule has 4 rings (SSSR count). The van der Waals surface area contributed by atoms with Gasteiger partial charge in [-0.1, -0.05) is 125 Å². The zero-order valence-corrected chi connectivity index (χ0v) is 32.6. The number of benzene rings is 2. The number of nitrogens with two attached hydrogens (primary N) is 1. The minimum absolute atomic E-state index is 0.00402. The van der Waals surface area contributed by atoms with E-state index in [1.54, 1.807) is 6.08 Å². The standard InChI is InChI=1S/C36H53N5O2.C7H8.CH4N2/c1-8-15-28(9-2)23-30(10-3)38-26(5)31(18-14-21-37-7)39-27(6)34-22-25(4)33-20-19-32(36(43)41(33)34)40-35(42)24-29-16-12-11-13-17-29;1-7-5-3-2-4-6-7;2-1-3/h8-9,11-13,15-17,25,30-34,37-39H,1-2,5-6,10,14,18-24H2,3-4,7H3,(H,40,42);2-6H,1H3;1H,(H3,2,3)/b28-15+;;/t25?,30-,31+,32?,33?,34?;;/m1../s1. The highest BCUT2D eigenvalue weighted by atomic mass is 16.2. The van der Waals surface area contributed by atoms with Gasteiger partial charge >= 0.3 is 0 Å². The largest absolute Gasteiger partial charge is 0.390 e. The van der Waals surface area contributed by atoms with E-state index >= 15 is 0 Å². The Kier molecular flexibility index (Phi) is 20.4. The van der Waals surface area contributed by atoms with Crippen molar-refractivity contribution in [2.24, 2.45) is 11.7 Å². The number of amides is 2. The highest BCUT2D eigenvalue weighted by Gasteiger charge is 2.48. The summed E-state index contributed by atoms with van der Waals surface area (Å²) in [4.78, 5) is 28.7. The fourth-order valence-corrected chi connectivity index (χ4v) is 6.97. The molecule has 2 amide bonds. The number of hydrogen-bond donors (Lipinski definition) is 6. The van der Waals surface area contributed by atoms with E-state index in [2.05, 4.69) is 86.2 Å². The summed E-state index contributed by atoms with van der Waals surface area (Å²) in [6, 6.07) is 19.6. The van der Waals surface area contributed by atoms with Crippen molar-refractivity contribution in [3.63, 3.8) is 0 Å². The summed E-state index contributed by atoms with van der Waals surface area (Å²) in [5, 5.41) is 19.5. The van der Waals surface area contributed by atoms with E-state index in [9.17, 15) is 9.59 Å². The minimum Gasteiger partial charge on any atom is -0.390 e. The predicted octanol–water partition coefficient (Wildman–Crippen LogP) is 6.70. The van der Waals surface area contributed by atoms with Crippen LogP contribution in [0.15, 0.2) is 122 Å². The van der Waals surface area contributed by atoms with Crippen LogP contribution < -0.4 is 27.0 Å². The first-order valence-corrected chi connectivity index (χ1v) is 18.9. The average molecular weight is 724 g/mol. The van der Waals surface area contributed by atoms with E-state index in [1.807, 2.05) is 72.6 Å². The van der Waals surface area contributed by atoms with Gasteiger partial charge < -0.3 is 31.9 Å². The van der Waals surface area contributed by atoms with E-state index in [-0.39, 0.29) is 42.4 Å². The number of nitrogens with one attached hydrogen (secondary N) is 5. The number of hydrogen-bond acceptors (Lipinski definition) is 6. The maximum absolute atomic E-state index is 13.8. The second-order valence-electron chi connectivity index (χ2n) is 13.9. The van der Waals surface area contributed by atoms with Gasteiger partial charge in [0.15, 0.2) is 0 Å². The molecule has 2 aliphatic heterocycles. The lowest BCUT2D eigenvalue weighted by Crippen LogP contribution is -2.58. The molecule has 53 heavy (non-hydrogen) atoms. The molecular formula is C44H65N7O2. The Hall–Kier alpha value is -4.89. The highest BCUT2D eigenvalue weighted by Crippen LogP contribution is 2.39. The SMILES string of the molecule is C=C/C=C(\C=C)C[C@@H](CC)NC(=C)[C@H](CCCNC)NC(=C)C1CC(C)C2CCC(NC(=O)Cc3ccccc3)C(=O)N12.Cc1ccccc1.N=CN. The Morgan fingerprint density at radius 3 is 2.25 bits per heavy atom. The summed E-state index contributed by atoms with van der Waals surface area (Å²) in [6.45, 7) is 24.0. The van der Waals surface area contributed by atoms with Crippen molar-refractivity contribution in [2.45, 2.75) is 102 Å². The third-order valence-corrected chi connectivity index (χ3v) is 9.79. The number of carbonyl (C=O) groups is 2. The average Bonchev–Trinajstić information content (AvgIpc) is 3.49. The normalized spacial score (nSPS) is 20.1. The van der Waals surface area contributed by atoms with Gasteiger partial charge in [-0.3, -0.25) is 15.0 Å². The van der Waals surface area contributed by atoms with Gasteiger partial charge in [0.25, 0.3) is 0 Å². The number of rotatable bonds is 18. The Bertz CT molecular complexity index is 1490. The number of nitrogens with zero attached hydrogens (tertiary/aromatic N) is 1. The summed E-state index contributed by atoms with van der Waals surface area (Å²) in [6.07, 6.45) is 12.7. The molecule has 0 saturated carbocycles. The minimum atomic E-state index is -0.510. The monoisotopic (exact) mass is 724 g/mol. The molecule has 6 atom stereocenters. The van der Waals surface area contributed by atoms with Gasteiger partial charge in [0, 0.05) is 23.5 Å². The molecule has 7 N–H and O–H groups in total. The van der Waals surface area contributed by atoms with Crippen molar-refractivity contribution in [1.29, 1.82) is 5.41 Å². The maximum Gasteiger partial charge on any atom is 0.245 e. The van der Waals surface area contributed by atoms with Crippen LogP contribution in [0.5, 0.6) is 0 Å². The molecule has 0 bridgehead atoms. The lowest BCUT2D eigenvalue weighted by atomic mass is 9.92. The molecule has 0 aromatic heterocycles. The van der Waals surface area contributed by atoms with Crippen LogP contribution in [0.2, 0.25) is 0 Å². The molecule has 288 valence electrons. The maximum atomic E-state index is 13.8. The van der Waals surface area contributed by atoms with Crippen molar-refractivity contribution in [2.75, 3.05) is 13.6 Å². The van der Waals surface area contributed by atoms with Gasteiger partial charge in [0.05, 0.1) is 24.8 Å². The van der Waals surface area contributed by atoms with Crippen LogP contribution in [0.25, 0.3) is 0 Å². The summed E-state index contributed by atoms with van der Waals surface area (Å²) in [7, 11) is 1.96.